The van der Waals surface area contributed by atoms with Gasteiger partial charge in [0, 0.05) is 33.0 Å². The SMILES string of the molecule is CN(C)S(=O)(=O)c1c(N)nsc1NCCSCCCO. The maximum atomic E-state index is 12.1. The van der Waals surface area contributed by atoms with E-state index in [2.05, 4.69) is 9.69 Å². The minimum Gasteiger partial charge on any atom is -0.396 e. The number of rotatable bonds is 9. The van der Waals surface area contributed by atoms with Gasteiger partial charge >= 0.3 is 0 Å². The maximum Gasteiger partial charge on any atom is 0.249 e. The average molecular weight is 340 g/mol. The van der Waals surface area contributed by atoms with Gasteiger partial charge < -0.3 is 16.2 Å². The van der Waals surface area contributed by atoms with Crippen molar-refractivity contribution in [3.05, 3.63) is 0 Å². The van der Waals surface area contributed by atoms with Gasteiger partial charge in [-0.1, -0.05) is 0 Å². The van der Waals surface area contributed by atoms with Crippen molar-refractivity contribution in [1.82, 2.24) is 8.68 Å². The summed E-state index contributed by atoms with van der Waals surface area (Å²) in [6, 6.07) is 0. The molecule has 0 aliphatic rings. The summed E-state index contributed by atoms with van der Waals surface area (Å²) < 4.78 is 29.3. The fraction of sp³-hybridized carbons (Fsp3) is 0.700. The van der Waals surface area contributed by atoms with Crippen LogP contribution < -0.4 is 11.1 Å². The van der Waals surface area contributed by atoms with Gasteiger partial charge in [0.25, 0.3) is 0 Å². The Morgan fingerprint density at radius 2 is 2.15 bits per heavy atom. The number of aliphatic hydroxyl groups is 1. The van der Waals surface area contributed by atoms with Crippen molar-refractivity contribution in [2.24, 2.45) is 0 Å². The lowest BCUT2D eigenvalue weighted by Crippen LogP contribution is -2.23. The quantitative estimate of drug-likeness (QED) is 0.562. The van der Waals surface area contributed by atoms with E-state index < -0.39 is 10.0 Å². The second-order valence-electron chi connectivity index (χ2n) is 4.13. The summed E-state index contributed by atoms with van der Waals surface area (Å²) in [5, 5.41) is 12.2. The third kappa shape index (κ3) is 4.48. The van der Waals surface area contributed by atoms with Gasteiger partial charge in [-0.3, -0.25) is 0 Å². The molecule has 0 saturated heterocycles. The Balaban J connectivity index is 2.64. The van der Waals surface area contributed by atoms with Crippen LogP contribution in [0, 0.1) is 0 Å². The monoisotopic (exact) mass is 340 g/mol. The number of hydrogen-bond donors (Lipinski definition) is 3. The van der Waals surface area contributed by atoms with Gasteiger partial charge in [-0.2, -0.15) is 16.1 Å². The van der Waals surface area contributed by atoms with Crippen LogP contribution in [-0.4, -0.2) is 61.0 Å². The lowest BCUT2D eigenvalue weighted by atomic mass is 10.5. The Kier molecular flexibility index (Phi) is 7.03. The van der Waals surface area contributed by atoms with E-state index in [0.717, 1.165) is 33.8 Å². The first-order chi connectivity index (χ1) is 9.41. The van der Waals surface area contributed by atoms with E-state index in [4.69, 9.17) is 10.8 Å². The van der Waals surface area contributed by atoms with Gasteiger partial charge in [-0.05, 0) is 23.7 Å². The molecule has 1 aromatic heterocycles. The van der Waals surface area contributed by atoms with Crippen molar-refractivity contribution in [2.45, 2.75) is 11.3 Å². The number of nitrogens with zero attached hydrogens (tertiary/aromatic N) is 2. The molecule has 1 rings (SSSR count). The highest BCUT2D eigenvalue weighted by atomic mass is 32.2. The van der Waals surface area contributed by atoms with E-state index in [0.29, 0.717) is 11.5 Å². The molecule has 0 aromatic carbocycles. The number of nitrogens with one attached hydrogen (secondary N) is 1. The van der Waals surface area contributed by atoms with Crippen LogP contribution in [0.5, 0.6) is 0 Å². The Labute approximate surface area is 127 Å². The molecular weight excluding hydrogens is 320 g/mol. The van der Waals surface area contributed by atoms with Crippen LogP contribution in [-0.2, 0) is 10.0 Å². The lowest BCUT2D eigenvalue weighted by Gasteiger charge is -2.12. The first-order valence-electron chi connectivity index (χ1n) is 6.01. The van der Waals surface area contributed by atoms with Gasteiger partial charge in [0.15, 0.2) is 10.7 Å². The van der Waals surface area contributed by atoms with Gasteiger partial charge in [0.1, 0.15) is 5.00 Å². The highest BCUT2D eigenvalue weighted by Crippen LogP contribution is 2.32. The molecule has 0 atom stereocenters. The Morgan fingerprint density at radius 3 is 2.75 bits per heavy atom. The van der Waals surface area contributed by atoms with Crippen LogP contribution in [0.1, 0.15) is 6.42 Å². The van der Waals surface area contributed by atoms with Crippen molar-refractivity contribution in [3.63, 3.8) is 0 Å². The average Bonchev–Trinajstić information content (AvgIpc) is 2.75. The molecule has 0 spiro atoms. The fourth-order valence-electron chi connectivity index (χ4n) is 1.34. The summed E-state index contributed by atoms with van der Waals surface area (Å²) in [7, 11) is -0.674. The number of nitrogens with two attached hydrogens (primary N) is 1. The zero-order valence-corrected chi connectivity index (χ0v) is 13.9. The molecule has 0 aliphatic heterocycles. The van der Waals surface area contributed by atoms with E-state index in [-0.39, 0.29) is 17.3 Å². The summed E-state index contributed by atoms with van der Waals surface area (Å²) in [4.78, 5) is 0.0489. The van der Waals surface area contributed by atoms with Crippen molar-refractivity contribution in [1.29, 1.82) is 0 Å². The van der Waals surface area contributed by atoms with Crippen LogP contribution in [0.4, 0.5) is 10.8 Å². The van der Waals surface area contributed by atoms with Crippen LogP contribution in [0.15, 0.2) is 4.90 Å². The van der Waals surface area contributed by atoms with Gasteiger partial charge in [-0.15, -0.1) is 0 Å². The van der Waals surface area contributed by atoms with Gasteiger partial charge in [-0.25, -0.2) is 12.7 Å². The molecule has 0 fully saturated rings. The molecule has 10 heteroatoms. The first kappa shape index (κ1) is 17.5. The number of nitrogen functional groups attached to an aromatic ring is 1. The molecule has 0 bridgehead atoms. The summed E-state index contributed by atoms with van der Waals surface area (Å²) in [5.74, 6) is 1.73. The zero-order chi connectivity index (χ0) is 15.2. The second kappa shape index (κ2) is 8.03. The third-order valence-corrected chi connectivity index (χ3v) is 6.30. The highest BCUT2D eigenvalue weighted by Gasteiger charge is 2.27. The van der Waals surface area contributed by atoms with Gasteiger partial charge in [0.05, 0.1) is 0 Å². The van der Waals surface area contributed by atoms with Crippen LogP contribution in [0.3, 0.4) is 0 Å². The zero-order valence-electron chi connectivity index (χ0n) is 11.5. The molecule has 20 heavy (non-hydrogen) atoms. The Hall–Kier alpha value is -0.550. The number of anilines is 2. The summed E-state index contributed by atoms with van der Waals surface area (Å²) >= 11 is 2.74. The molecule has 116 valence electrons. The second-order valence-corrected chi connectivity index (χ2v) is 8.22. The predicted octanol–water partition coefficient (Wildman–Crippen LogP) is 0.503. The van der Waals surface area contributed by atoms with E-state index in [1.807, 2.05) is 0 Å². The molecule has 1 aromatic rings. The standard InChI is InChI=1S/C10H20N4O3S3/c1-14(2)20(16,17)8-9(11)13-19-10(8)12-4-7-18-6-3-5-15/h12,15H,3-7H2,1-2H3,(H2,11,13). The van der Waals surface area contributed by atoms with E-state index in [1.165, 1.54) is 14.1 Å². The molecular formula is C10H20N4O3S3. The smallest absolute Gasteiger partial charge is 0.249 e. The minimum absolute atomic E-state index is 0.0270. The molecule has 0 amide bonds. The summed E-state index contributed by atoms with van der Waals surface area (Å²) in [5.41, 5.74) is 5.66. The van der Waals surface area contributed by atoms with Crippen LogP contribution in [0.25, 0.3) is 0 Å². The number of hydrogen-bond acceptors (Lipinski definition) is 8. The minimum atomic E-state index is -3.59. The molecule has 0 saturated carbocycles. The number of thioether (sulfide) groups is 1. The van der Waals surface area contributed by atoms with Gasteiger partial charge in [0.2, 0.25) is 10.0 Å². The molecule has 0 radical (unpaired) electrons. The van der Waals surface area contributed by atoms with Crippen molar-refractivity contribution < 1.29 is 13.5 Å². The van der Waals surface area contributed by atoms with Crippen molar-refractivity contribution in [3.8, 4) is 0 Å². The third-order valence-electron chi connectivity index (χ3n) is 2.39. The molecule has 1 heterocycles. The Morgan fingerprint density at radius 1 is 1.45 bits per heavy atom. The Bertz CT molecular complexity index is 516. The highest BCUT2D eigenvalue weighted by molar-refractivity contribution is 7.99. The lowest BCUT2D eigenvalue weighted by molar-refractivity contribution is 0.296. The molecule has 7 nitrogen and oxygen atoms in total. The molecule has 0 aliphatic carbocycles. The number of aliphatic hydroxyl groups excluding tert-OH is 1. The predicted molar refractivity (Wildman–Crippen MR) is 84.9 cm³/mol. The summed E-state index contributed by atoms with van der Waals surface area (Å²) in [6.45, 7) is 0.810. The van der Waals surface area contributed by atoms with Crippen molar-refractivity contribution >= 4 is 44.1 Å². The molecule has 4 N–H and O–H groups in total. The molecule has 0 unspecified atom stereocenters. The number of sulfonamides is 1. The summed E-state index contributed by atoms with van der Waals surface area (Å²) in [6.07, 6.45) is 0.762. The fourth-order valence-corrected chi connectivity index (χ4v) is 4.23. The van der Waals surface area contributed by atoms with Crippen molar-refractivity contribution in [2.75, 3.05) is 49.8 Å². The topological polar surface area (TPSA) is 109 Å². The first-order valence-corrected chi connectivity index (χ1v) is 9.38. The van der Waals surface area contributed by atoms with Crippen LogP contribution in [0.2, 0.25) is 0 Å². The maximum absolute atomic E-state index is 12.1. The van der Waals surface area contributed by atoms with E-state index >= 15 is 0 Å². The van der Waals surface area contributed by atoms with E-state index in [9.17, 15) is 8.42 Å². The largest absolute Gasteiger partial charge is 0.396 e. The number of aromatic nitrogens is 1. The van der Waals surface area contributed by atoms with E-state index in [1.54, 1.807) is 11.8 Å². The van der Waals surface area contributed by atoms with Crippen LogP contribution >= 0.6 is 23.3 Å². The normalized spacial score (nSPS) is 12.0.